The molecule has 0 unspecified atom stereocenters. The minimum atomic E-state index is -0.291. The first-order valence-electron chi connectivity index (χ1n) is 12.2. The molecule has 0 saturated carbocycles. The smallest absolute Gasteiger partial charge is 0.307 e. The van der Waals surface area contributed by atoms with Crippen molar-refractivity contribution in [1.29, 1.82) is 0 Å². The number of carbonyl (C=O) groups excluding carboxylic acids is 2. The maximum atomic E-state index is 12.3. The maximum absolute atomic E-state index is 12.3. The summed E-state index contributed by atoms with van der Waals surface area (Å²) in [5, 5.41) is 3.33. The van der Waals surface area contributed by atoms with E-state index in [1.54, 1.807) is 0 Å². The van der Waals surface area contributed by atoms with Gasteiger partial charge in [0.25, 0.3) is 0 Å². The molecule has 0 atom stereocenters. The SMILES string of the molecule is CCCCCCCOC(=O)CC(CC(=O)OCCCCCCC)NCc1ccccc1. The second-order valence-corrected chi connectivity index (χ2v) is 8.24. The largest absolute Gasteiger partial charge is 0.466 e. The van der Waals surface area contributed by atoms with Gasteiger partial charge in [0, 0.05) is 12.6 Å². The fourth-order valence-corrected chi connectivity index (χ4v) is 3.38. The van der Waals surface area contributed by atoms with Gasteiger partial charge in [-0.05, 0) is 18.4 Å². The lowest BCUT2D eigenvalue weighted by molar-refractivity contribution is -0.146. The average Bonchev–Trinajstić information content (AvgIpc) is 2.77. The molecule has 1 N–H and O–H groups in total. The summed E-state index contributed by atoms with van der Waals surface area (Å²) >= 11 is 0. The van der Waals surface area contributed by atoms with Crippen LogP contribution in [0.25, 0.3) is 0 Å². The van der Waals surface area contributed by atoms with Crippen LogP contribution in [-0.2, 0) is 25.6 Å². The van der Waals surface area contributed by atoms with E-state index in [2.05, 4.69) is 19.2 Å². The van der Waals surface area contributed by atoms with E-state index in [4.69, 9.17) is 9.47 Å². The first-order valence-corrected chi connectivity index (χ1v) is 12.2. The van der Waals surface area contributed by atoms with Crippen molar-refractivity contribution in [2.45, 2.75) is 103 Å². The van der Waals surface area contributed by atoms with E-state index >= 15 is 0 Å². The number of esters is 2. The second kappa shape index (κ2) is 18.9. The average molecular weight is 434 g/mol. The molecule has 1 rings (SSSR count). The van der Waals surface area contributed by atoms with E-state index in [1.807, 2.05) is 30.3 Å². The van der Waals surface area contributed by atoms with E-state index in [1.165, 1.54) is 38.5 Å². The van der Waals surface area contributed by atoms with E-state index < -0.39 is 0 Å². The monoisotopic (exact) mass is 433 g/mol. The Morgan fingerprint density at radius 2 is 1.23 bits per heavy atom. The van der Waals surface area contributed by atoms with E-state index in [0.29, 0.717) is 19.8 Å². The van der Waals surface area contributed by atoms with Gasteiger partial charge in [-0.1, -0.05) is 95.5 Å². The van der Waals surface area contributed by atoms with Gasteiger partial charge in [-0.2, -0.15) is 0 Å². The predicted octanol–water partition coefficient (Wildman–Crippen LogP) is 5.95. The van der Waals surface area contributed by atoms with Crippen LogP contribution in [0.15, 0.2) is 30.3 Å². The Morgan fingerprint density at radius 3 is 1.71 bits per heavy atom. The molecule has 0 bridgehead atoms. The van der Waals surface area contributed by atoms with Crippen molar-refractivity contribution in [2.75, 3.05) is 13.2 Å². The minimum Gasteiger partial charge on any atom is -0.466 e. The maximum Gasteiger partial charge on any atom is 0.307 e. The van der Waals surface area contributed by atoms with Crippen molar-refractivity contribution in [1.82, 2.24) is 5.32 Å². The molecule has 0 aliphatic heterocycles. The van der Waals surface area contributed by atoms with E-state index in [-0.39, 0.29) is 30.8 Å². The lowest BCUT2D eigenvalue weighted by Gasteiger charge is -2.18. The fourth-order valence-electron chi connectivity index (χ4n) is 3.38. The summed E-state index contributed by atoms with van der Waals surface area (Å²) in [6.07, 6.45) is 11.5. The lowest BCUT2D eigenvalue weighted by atomic mass is 10.1. The molecule has 0 aromatic heterocycles. The van der Waals surface area contributed by atoms with Gasteiger partial charge in [0.2, 0.25) is 0 Å². The lowest BCUT2D eigenvalue weighted by Crippen LogP contribution is -2.34. The summed E-state index contributed by atoms with van der Waals surface area (Å²) in [6, 6.07) is 9.68. The third kappa shape index (κ3) is 15.6. The number of hydrogen-bond acceptors (Lipinski definition) is 5. The van der Waals surface area contributed by atoms with Crippen molar-refractivity contribution in [3.63, 3.8) is 0 Å². The van der Waals surface area contributed by atoms with Crippen molar-refractivity contribution in [2.24, 2.45) is 0 Å². The second-order valence-electron chi connectivity index (χ2n) is 8.24. The molecule has 5 heteroatoms. The Balaban J connectivity index is 2.39. The summed E-state index contributed by atoms with van der Waals surface area (Å²) < 4.78 is 10.8. The summed E-state index contributed by atoms with van der Waals surface area (Å²) in [7, 11) is 0. The number of hydrogen-bond donors (Lipinski definition) is 1. The zero-order chi connectivity index (χ0) is 22.6. The first-order chi connectivity index (χ1) is 15.2. The van der Waals surface area contributed by atoms with Crippen molar-refractivity contribution in [3.8, 4) is 0 Å². The van der Waals surface area contributed by atoms with Crippen LogP contribution in [0.1, 0.15) is 96.5 Å². The molecule has 1 aromatic carbocycles. The molecule has 176 valence electrons. The predicted molar refractivity (Wildman–Crippen MR) is 126 cm³/mol. The third-order valence-electron chi connectivity index (χ3n) is 5.29. The van der Waals surface area contributed by atoms with Gasteiger partial charge in [-0.3, -0.25) is 9.59 Å². The molecule has 0 heterocycles. The summed E-state index contributed by atoms with van der Waals surface area (Å²) in [5.74, 6) is -0.512. The number of carbonyl (C=O) groups is 2. The third-order valence-corrected chi connectivity index (χ3v) is 5.29. The molecule has 5 nitrogen and oxygen atoms in total. The van der Waals surface area contributed by atoms with Gasteiger partial charge in [0.05, 0.1) is 26.1 Å². The normalized spacial score (nSPS) is 10.9. The molecule has 31 heavy (non-hydrogen) atoms. The fraction of sp³-hybridized carbons (Fsp3) is 0.692. The zero-order valence-electron chi connectivity index (χ0n) is 19.7. The van der Waals surface area contributed by atoms with Crippen LogP contribution in [0.4, 0.5) is 0 Å². The molecular formula is C26H43NO4. The number of nitrogens with one attached hydrogen (secondary N) is 1. The van der Waals surface area contributed by atoms with Crippen LogP contribution in [-0.4, -0.2) is 31.2 Å². The number of ether oxygens (including phenoxy) is 2. The summed E-state index contributed by atoms with van der Waals surface area (Å²) in [6.45, 7) is 5.87. The molecular weight excluding hydrogens is 390 g/mol. The Kier molecular flexibility index (Phi) is 16.5. The Bertz CT molecular complexity index is 546. The van der Waals surface area contributed by atoms with Crippen molar-refractivity contribution >= 4 is 11.9 Å². The van der Waals surface area contributed by atoms with Crippen LogP contribution in [0.2, 0.25) is 0 Å². The van der Waals surface area contributed by atoms with Crippen molar-refractivity contribution in [3.05, 3.63) is 35.9 Å². The van der Waals surface area contributed by atoms with Crippen molar-refractivity contribution < 1.29 is 19.1 Å². The molecule has 1 aromatic rings. The van der Waals surface area contributed by atoms with Gasteiger partial charge in [-0.15, -0.1) is 0 Å². The Morgan fingerprint density at radius 1 is 0.742 bits per heavy atom. The van der Waals surface area contributed by atoms with E-state index in [9.17, 15) is 9.59 Å². The molecule has 0 fully saturated rings. The molecule has 0 aliphatic carbocycles. The minimum absolute atomic E-state index is 0.174. The first kappa shape index (κ1) is 27.2. The highest BCUT2D eigenvalue weighted by Crippen LogP contribution is 2.08. The van der Waals surface area contributed by atoms with Gasteiger partial charge < -0.3 is 14.8 Å². The van der Waals surface area contributed by atoms with Crippen LogP contribution >= 0.6 is 0 Å². The molecule has 0 radical (unpaired) electrons. The highest BCUT2D eigenvalue weighted by Gasteiger charge is 2.19. The van der Waals surface area contributed by atoms with Gasteiger partial charge in [0.1, 0.15) is 0 Å². The van der Waals surface area contributed by atoms with Crippen LogP contribution in [0.5, 0.6) is 0 Å². The van der Waals surface area contributed by atoms with Crippen LogP contribution < -0.4 is 5.32 Å². The number of unbranched alkanes of at least 4 members (excludes halogenated alkanes) is 8. The molecule has 0 saturated heterocycles. The molecule has 0 amide bonds. The van der Waals surface area contributed by atoms with E-state index in [0.717, 1.165) is 31.2 Å². The summed E-state index contributed by atoms with van der Waals surface area (Å²) in [4.78, 5) is 24.6. The van der Waals surface area contributed by atoms with Gasteiger partial charge >= 0.3 is 11.9 Å². The molecule has 0 aliphatic rings. The van der Waals surface area contributed by atoms with Crippen LogP contribution in [0, 0.1) is 0 Å². The Labute approximate surface area is 189 Å². The highest BCUT2D eigenvalue weighted by molar-refractivity contribution is 5.74. The number of rotatable bonds is 19. The highest BCUT2D eigenvalue weighted by atomic mass is 16.5. The van der Waals surface area contributed by atoms with Gasteiger partial charge in [-0.25, -0.2) is 0 Å². The number of benzene rings is 1. The summed E-state index contributed by atoms with van der Waals surface area (Å²) in [5.41, 5.74) is 1.11. The van der Waals surface area contributed by atoms with Crippen LogP contribution in [0.3, 0.4) is 0 Å². The Hall–Kier alpha value is -1.88. The quantitative estimate of drug-likeness (QED) is 0.216. The molecule has 0 spiro atoms. The zero-order valence-corrected chi connectivity index (χ0v) is 19.7. The standard InChI is InChI=1S/C26H43NO4/c1-3-5-7-9-14-18-30-25(28)20-24(27-22-23-16-12-11-13-17-23)21-26(29)31-19-15-10-8-6-4-2/h11-13,16-17,24,27H,3-10,14-15,18-22H2,1-2H3. The van der Waals surface area contributed by atoms with Gasteiger partial charge in [0.15, 0.2) is 0 Å². The topological polar surface area (TPSA) is 64.6 Å².